The molecule has 1 unspecified atom stereocenters. The van der Waals surface area contributed by atoms with Crippen LogP contribution in [0.1, 0.15) is 32.9 Å². The average molecular weight is 574 g/mol. The predicted molar refractivity (Wildman–Crippen MR) is 140 cm³/mol. The number of carboxylic acid groups (broad SMARTS) is 1. The summed E-state index contributed by atoms with van der Waals surface area (Å²) in [5.74, 6) is -3.95. The van der Waals surface area contributed by atoms with Crippen molar-refractivity contribution in [3.63, 3.8) is 0 Å². The highest BCUT2D eigenvalue weighted by atomic mass is 32.2. The van der Waals surface area contributed by atoms with E-state index in [9.17, 15) is 32.3 Å². The summed E-state index contributed by atoms with van der Waals surface area (Å²) in [6.45, 7) is -0.321. The maximum atomic E-state index is 13.5. The van der Waals surface area contributed by atoms with Gasteiger partial charge in [0.05, 0.1) is 0 Å². The largest absolute Gasteiger partial charge is 0.480 e. The first-order chi connectivity index (χ1) is 19.1. The van der Waals surface area contributed by atoms with E-state index < -0.39 is 34.8 Å². The second kappa shape index (κ2) is 12.8. The van der Waals surface area contributed by atoms with Crippen LogP contribution in [0.15, 0.2) is 83.3 Å². The molecule has 0 aliphatic heterocycles. The number of thioether (sulfide) groups is 1. The summed E-state index contributed by atoms with van der Waals surface area (Å²) in [6.07, 6.45) is -4.12. The highest BCUT2D eigenvalue weighted by Gasteiger charge is 2.42. The molecule has 40 heavy (non-hydrogen) atoms. The van der Waals surface area contributed by atoms with Crippen molar-refractivity contribution in [3.8, 4) is 11.5 Å². The minimum absolute atomic E-state index is 0.236. The van der Waals surface area contributed by atoms with Gasteiger partial charge >= 0.3 is 18.1 Å². The second-order valence-electron chi connectivity index (χ2n) is 8.73. The summed E-state index contributed by atoms with van der Waals surface area (Å²) in [4.78, 5) is 28.0. The number of ether oxygens (including phenoxy) is 1. The van der Waals surface area contributed by atoms with Gasteiger partial charge in [0.1, 0.15) is 17.7 Å². The van der Waals surface area contributed by atoms with E-state index in [-0.39, 0.29) is 30.3 Å². The van der Waals surface area contributed by atoms with Crippen LogP contribution >= 0.6 is 11.8 Å². The van der Waals surface area contributed by atoms with Crippen molar-refractivity contribution in [1.82, 2.24) is 4.98 Å². The number of oxazole rings is 1. The number of aromatic nitrogens is 1. The minimum Gasteiger partial charge on any atom is -0.480 e. The number of halogens is 4. The number of carboxylic acids is 1. The molecule has 11 heteroatoms. The Morgan fingerprint density at radius 1 is 0.925 bits per heavy atom. The van der Waals surface area contributed by atoms with E-state index in [0.717, 1.165) is 11.1 Å². The summed E-state index contributed by atoms with van der Waals surface area (Å²) in [5.41, 5.74) is 1.43. The number of alkyl halides is 3. The zero-order valence-corrected chi connectivity index (χ0v) is 21.7. The molecule has 0 radical (unpaired) electrons. The second-order valence-corrected chi connectivity index (χ2v) is 10.0. The maximum Gasteiger partial charge on any atom is 0.452 e. The molecule has 0 aliphatic carbocycles. The summed E-state index contributed by atoms with van der Waals surface area (Å²) in [7, 11) is 0. The van der Waals surface area contributed by atoms with Crippen LogP contribution in [0.25, 0.3) is 11.5 Å². The quantitative estimate of drug-likeness (QED) is 0.155. The van der Waals surface area contributed by atoms with Crippen molar-refractivity contribution in [2.24, 2.45) is 0 Å². The van der Waals surface area contributed by atoms with E-state index in [1.807, 2.05) is 0 Å². The molecule has 4 rings (SSSR count). The van der Waals surface area contributed by atoms with Crippen molar-refractivity contribution in [2.75, 3.05) is 5.75 Å². The molecule has 1 atom stereocenters. The molecule has 1 N–H and O–H groups in total. The smallest absolute Gasteiger partial charge is 0.452 e. The Kier molecular flexibility index (Phi) is 9.26. The van der Waals surface area contributed by atoms with Gasteiger partial charge in [0.25, 0.3) is 0 Å². The van der Waals surface area contributed by atoms with E-state index in [2.05, 4.69) is 4.98 Å². The highest BCUT2D eigenvalue weighted by Crippen LogP contribution is 2.35. The third-order valence-corrected chi connectivity index (χ3v) is 7.02. The molecule has 6 nitrogen and oxygen atoms in total. The van der Waals surface area contributed by atoms with Gasteiger partial charge in [-0.2, -0.15) is 13.2 Å². The zero-order valence-electron chi connectivity index (χ0n) is 20.9. The molecule has 1 aromatic heterocycles. The van der Waals surface area contributed by atoms with Gasteiger partial charge in [-0.3, -0.25) is 4.79 Å². The average Bonchev–Trinajstić information content (AvgIpc) is 3.40. The van der Waals surface area contributed by atoms with Crippen molar-refractivity contribution in [1.29, 1.82) is 0 Å². The topological polar surface area (TPSA) is 89.6 Å². The van der Waals surface area contributed by atoms with Crippen molar-refractivity contribution in [2.45, 2.75) is 30.9 Å². The monoisotopic (exact) mass is 573 g/mol. The maximum absolute atomic E-state index is 13.5. The molecule has 4 aromatic rings. The Morgan fingerprint density at radius 2 is 1.55 bits per heavy atom. The van der Waals surface area contributed by atoms with Crippen molar-refractivity contribution >= 4 is 23.7 Å². The highest BCUT2D eigenvalue weighted by molar-refractivity contribution is 8.00. The number of carbonyl (C=O) groups excluding carboxylic acids is 1. The Bertz CT molecular complexity index is 1440. The Labute approximate surface area is 231 Å². The zero-order chi connectivity index (χ0) is 28.7. The molecule has 0 aliphatic rings. The van der Waals surface area contributed by atoms with Crippen LogP contribution in [0.4, 0.5) is 17.6 Å². The fourth-order valence-electron chi connectivity index (χ4n) is 3.75. The Hall–Kier alpha value is -4.12. The van der Waals surface area contributed by atoms with Crippen LogP contribution in [0.3, 0.4) is 0 Å². The molecule has 3 aromatic carbocycles. The molecule has 208 valence electrons. The van der Waals surface area contributed by atoms with Crippen LogP contribution in [0, 0.1) is 5.82 Å². The van der Waals surface area contributed by atoms with Gasteiger partial charge in [0.15, 0.2) is 5.69 Å². The molecule has 0 fully saturated rings. The molecular formula is C29H23F4NO5S. The van der Waals surface area contributed by atoms with E-state index in [0.29, 0.717) is 17.7 Å². The van der Waals surface area contributed by atoms with Gasteiger partial charge in [0, 0.05) is 5.56 Å². The molecule has 0 amide bonds. The van der Waals surface area contributed by atoms with Crippen molar-refractivity contribution < 1.29 is 41.4 Å². The molecule has 0 spiro atoms. The number of aryl methyl sites for hydroxylation is 1. The normalized spacial score (nSPS) is 12.2. The number of aliphatic carboxylic acids is 1. The molecule has 0 saturated carbocycles. The summed E-state index contributed by atoms with van der Waals surface area (Å²) in [6, 6.07) is 20.5. The van der Waals surface area contributed by atoms with E-state index in [1.165, 1.54) is 36.0 Å². The van der Waals surface area contributed by atoms with E-state index in [4.69, 9.17) is 9.15 Å². The van der Waals surface area contributed by atoms with Crippen molar-refractivity contribution in [3.05, 3.63) is 113 Å². The lowest BCUT2D eigenvalue weighted by atomic mass is 10.1. The van der Waals surface area contributed by atoms with Crippen LogP contribution in [-0.4, -0.2) is 33.0 Å². The fourth-order valence-corrected chi connectivity index (χ4v) is 4.84. The lowest BCUT2D eigenvalue weighted by molar-refractivity contribution is -0.153. The fraction of sp³-hybridized carbons (Fsp3) is 0.207. The third kappa shape index (κ3) is 7.72. The van der Waals surface area contributed by atoms with Gasteiger partial charge in [-0.1, -0.05) is 54.6 Å². The number of rotatable bonds is 11. The lowest BCUT2D eigenvalue weighted by Gasteiger charge is -2.13. The van der Waals surface area contributed by atoms with Crippen LogP contribution < -0.4 is 0 Å². The summed E-state index contributed by atoms with van der Waals surface area (Å²) < 4.78 is 63.4. The summed E-state index contributed by atoms with van der Waals surface area (Å²) in [5, 5.41) is 8.90. The molecule has 0 saturated heterocycles. The van der Waals surface area contributed by atoms with Gasteiger partial charge in [-0.25, -0.2) is 14.2 Å². The number of benzene rings is 3. The first kappa shape index (κ1) is 28.9. The van der Waals surface area contributed by atoms with Gasteiger partial charge < -0.3 is 14.3 Å². The van der Waals surface area contributed by atoms with Crippen LogP contribution in [0.5, 0.6) is 0 Å². The minimum atomic E-state index is -4.95. The molecular weight excluding hydrogens is 550 g/mol. The Morgan fingerprint density at radius 3 is 2.17 bits per heavy atom. The number of hydrogen-bond donors (Lipinski definition) is 1. The van der Waals surface area contributed by atoms with E-state index >= 15 is 0 Å². The molecule has 1 heterocycles. The SMILES string of the molecule is O=C(OCc1ccc(CC(SCCc2ccc(F)cc2)C(=O)O)cc1)c1nc(-c2ccccc2)oc1C(F)(F)F. The lowest BCUT2D eigenvalue weighted by Crippen LogP contribution is -2.20. The standard InChI is InChI=1S/C29H23F4NO5S/c30-22-12-10-18(11-13-22)14-15-40-23(27(35)36)16-19-6-8-20(9-7-19)17-38-28(37)24-25(29(31,32)33)39-26(34-24)21-4-2-1-3-5-21/h1-13,23H,14-17H2,(H,35,36). The number of hydrogen-bond acceptors (Lipinski definition) is 6. The number of esters is 1. The predicted octanol–water partition coefficient (Wildman–Crippen LogP) is 6.83. The van der Waals surface area contributed by atoms with Gasteiger partial charge in [-0.05, 0) is 59.6 Å². The van der Waals surface area contributed by atoms with Gasteiger partial charge in [-0.15, -0.1) is 11.8 Å². The molecule has 0 bridgehead atoms. The first-order valence-corrected chi connectivity index (χ1v) is 13.1. The van der Waals surface area contributed by atoms with Crippen LogP contribution in [-0.2, 0) is 35.2 Å². The summed E-state index contributed by atoms with van der Waals surface area (Å²) >= 11 is 1.27. The number of nitrogens with zero attached hydrogens (tertiary/aromatic N) is 1. The van der Waals surface area contributed by atoms with Gasteiger partial charge in [0.2, 0.25) is 11.7 Å². The van der Waals surface area contributed by atoms with Crippen LogP contribution in [0.2, 0.25) is 0 Å². The third-order valence-electron chi connectivity index (χ3n) is 5.81. The Balaban J connectivity index is 1.35. The van der Waals surface area contributed by atoms with E-state index in [1.54, 1.807) is 54.6 Å². The first-order valence-electron chi connectivity index (χ1n) is 12.1. The number of carbonyl (C=O) groups is 2.